The Balaban J connectivity index is 1.82. The number of hydrogen-bond acceptors (Lipinski definition) is 4. The Morgan fingerprint density at radius 1 is 1.07 bits per heavy atom. The summed E-state index contributed by atoms with van der Waals surface area (Å²) in [5, 5.41) is 2.22. The molecule has 27 heavy (non-hydrogen) atoms. The number of hydrogen-bond donors (Lipinski definition) is 0. The van der Waals surface area contributed by atoms with Crippen LogP contribution in [-0.4, -0.2) is 22.6 Å². The molecule has 0 fully saturated rings. The number of anilines is 1. The second kappa shape index (κ2) is 6.29. The van der Waals surface area contributed by atoms with Crippen LogP contribution in [0.2, 0.25) is 0 Å². The van der Waals surface area contributed by atoms with Gasteiger partial charge in [-0.25, -0.2) is 4.98 Å². The van der Waals surface area contributed by atoms with Gasteiger partial charge >= 0.3 is 0 Å². The molecule has 0 N–H and O–H groups in total. The van der Waals surface area contributed by atoms with Crippen LogP contribution in [0.3, 0.4) is 0 Å². The minimum atomic E-state index is 0.246. The Kier molecular flexibility index (Phi) is 4.17. The molecule has 0 spiro atoms. The molecule has 0 amide bonds. The molecular weight excluding hydrogens is 334 g/mol. The molecule has 1 aromatic carbocycles. The van der Waals surface area contributed by atoms with Crippen molar-refractivity contribution < 1.29 is 4.42 Å². The molecule has 1 atom stereocenters. The molecule has 0 radical (unpaired) electrons. The highest BCUT2D eigenvalue weighted by Crippen LogP contribution is 2.39. The third-order valence-corrected chi connectivity index (χ3v) is 5.32. The Hall–Kier alpha value is -2.49. The summed E-state index contributed by atoms with van der Waals surface area (Å²) in [4.78, 5) is 9.42. The van der Waals surface area contributed by atoms with Crippen molar-refractivity contribution in [3.05, 3.63) is 47.9 Å². The summed E-state index contributed by atoms with van der Waals surface area (Å²) >= 11 is 0. The van der Waals surface area contributed by atoms with E-state index in [4.69, 9.17) is 9.40 Å². The number of aromatic nitrogens is 1. The molecule has 4 rings (SSSR count). The number of benzene rings is 1. The highest BCUT2D eigenvalue weighted by atomic mass is 16.3. The van der Waals surface area contributed by atoms with Crippen molar-refractivity contribution in [2.24, 2.45) is 5.41 Å². The number of aryl methyl sites for hydroxylation is 2. The van der Waals surface area contributed by atoms with Gasteiger partial charge in [0.15, 0.2) is 5.58 Å². The van der Waals surface area contributed by atoms with Gasteiger partial charge in [-0.15, -0.1) is 0 Å². The number of rotatable bonds is 3. The van der Waals surface area contributed by atoms with Gasteiger partial charge in [0.1, 0.15) is 6.17 Å². The monoisotopic (exact) mass is 363 g/mol. The first-order valence-electron chi connectivity index (χ1n) is 9.82. The van der Waals surface area contributed by atoms with Crippen LogP contribution in [0, 0.1) is 12.3 Å². The van der Waals surface area contributed by atoms with Crippen molar-refractivity contribution in [3.8, 4) is 0 Å². The van der Waals surface area contributed by atoms with Gasteiger partial charge < -0.3 is 14.2 Å². The SMILES string of the molecule is CCc1ccc2c(n1)oc1c(N3C=CN(CC(C)(C)C)[C@@H]3C)c(C)ccc12. The first-order valence-corrected chi connectivity index (χ1v) is 9.82. The number of fused-ring (bicyclic) bond motifs is 3. The summed E-state index contributed by atoms with van der Waals surface area (Å²) in [6.45, 7) is 14.4. The minimum absolute atomic E-state index is 0.246. The Bertz CT molecular complexity index is 1030. The smallest absolute Gasteiger partial charge is 0.227 e. The maximum Gasteiger partial charge on any atom is 0.227 e. The van der Waals surface area contributed by atoms with Gasteiger partial charge in [-0.3, -0.25) is 0 Å². The summed E-state index contributed by atoms with van der Waals surface area (Å²) in [6.07, 6.45) is 5.54. The van der Waals surface area contributed by atoms with Crippen LogP contribution in [0.15, 0.2) is 41.1 Å². The molecule has 1 aliphatic rings. The average Bonchev–Trinajstić information content (AvgIpc) is 3.14. The van der Waals surface area contributed by atoms with Gasteiger partial charge in [0.2, 0.25) is 5.71 Å². The lowest BCUT2D eigenvalue weighted by molar-refractivity contribution is 0.221. The van der Waals surface area contributed by atoms with Crippen molar-refractivity contribution in [3.63, 3.8) is 0 Å². The van der Waals surface area contributed by atoms with Gasteiger partial charge in [0.05, 0.1) is 5.69 Å². The first-order chi connectivity index (χ1) is 12.8. The van der Waals surface area contributed by atoms with E-state index in [0.717, 1.165) is 46.4 Å². The van der Waals surface area contributed by atoms with Crippen LogP contribution in [0.4, 0.5) is 5.69 Å². The molecular formula is C23H29N3O. The van der Waals surface area contributed by atoms with E-state index in [1.54, 1.807) is 0 Å². The third kappa shape index (κ3) is 3.07. The first kappa shape index (κ1) is 17.9. The molecule has 4 nitrogen and oxygen atoms in total. The van der Waals surface area contributed by atoms with Crippen LogP contribution < -0.4 is 4.90 Å². The van der Waals surface area contributed by atoms with E-state index >= 15 is 0 Å². The molecule has 0 aliphatic carbocycles. The Morgan fingerprint density at radius 2 is 1.81 bits per heavy atom. The number of pyridine rings is 1. The topological polar surface area (TPSA) is 32.5 Å². The van der Waals surface area contributed by atoms with Gasteiger partial charge in [0.25, 0.3) is 0 Å². The van der Waals surface area contributed by atoms with Crippen molar-refractivity contribution in [2.75, 3.05) is 11.4 Å². The molecule has 4 heteroatoms. The lowest BCUT2D eigenvalue weighted by Gasteiger charge is -2.34. The maximum atomic E-state index is 6.30. The normalized spacial score (nSPS) is 17.6. The fourth-order valence-electron chi connectivity index (χ4n) is 3.92. The fourth-order valence-corrected chi connectivity index (χ4v) is 3.92. The Morgan fingerprint density at radius 3 is 2.52 bits per heavy atom. The zero-order valence-corrected chi connectivity index (χ0v) is 17.2. The molecule has 1 aliphatic heterocycles. The molecule has 0 unspecified atom stereocenters. The summed E-state index contributed by atoms with van der Waals surface area (Å²) in [7, 11) is 0. The minimum Gasteiger partial charge on any atom is -0.435 e. The quantitative estimate of drug-likeness (QED) is 0.585. The zero-order valence-electron chi connectivity index (χ0n) is 17.2. The van der Waals surface area contributed by atoms with Crippen LogP contribution in [0.25, 0.3) is 22.1 Å². The molecule has 3 aromatic rings. The van der Waals surface area contributed by atoms with E-state index in [2.05, 4.69) is 88.0 Å². The predicted molar refractivity (Wildman–Crippen MR) is 113 cm³/mol. The fraction of sp³-hybridized carbons (Fsp3) is 0.435. The third-order valence-electron chi connectivity index (χ3n) is 5.32. The lowest BCUT2D eigenvalue weighted by Crippen LogP contribution is -2.40. The number of nitrogens with zero attached hydrogens (tertiary/aromatic N) is 3. The van der Waals surface area contributed by atoms with Crippen molar-refractivity contribution in [2.45, 2.75) is 54.1 Å². The van der Waals surface area contributed by atoms with Gasteiger partial charge in [0, 0.05) is 35.4 Å². The van der Waals surface area contributed by atoms with Crippen LogP contribution in [0.5, 0.6) is 0 Å². The lowest BCUT2D eigenvalue weighted by atomic mass is 9.96. The molecule has 0 bridgehead atoms. The second-order valence-electron chi connectivity index (χ2n) is 8.79. The standard InChI is InChI=1S/C23H29N3O/c1-7-17-9-11-19-18-10-8-15(2)20(21(18)27-22(19)24-17)26-13-12-25(16(26)3)14-23(4,5)6/h8-13,16H,7,14H2,1-6H3/t16-/m0/s1. The predicted octanol–water partition coefficient (Wildman–Crippen LogP) is 5.84. The van der Waals surface area contributed by atoms with Gasteiger partial charge in [-0.1, -0.05) is 39.8 Å². The largest absolute Gasteiger partial charge is 0.435 e. The average molecular weight is 364 g/mol. The highest BCUT2D eigenvalue weighted by Gasteiger charge is 2.29. The molecule has 0 saturated heterocycles. The zero-order chi connectivity index (χ0) is 19.3. The summed E-state index contributed by atoms with van der Waals surface area (Å²) < 4.78 is 6.30. The Labute approximate surface area is 161 Å². The molecule has 142 valence electrons. The van der Waals surface area contributed by atoms with E-state index in [9.17, 15) is 0 Å². The highest BCUT2D eigenvalue weighted by molar-refractivity contribution is 6.08. The molecule has 0 saturated carbocycles. The van der Waals surface area contributed by atoms with Crippen molar-refractivity contribution >= 4 is 27.8 Å². The maximum absolute atomic E-state index is 6.30. The van der Waals surface area contributed by atoms with E-state index in [1.165, 1.54) is 5.56 Å². The second-order valence-corrected chi connectivity index (χ2v) is 8.79. The summed E-state index contributed by atoms with van der Waals surface area (Å²) in [6, 6.07) is 8.58. The van der Waals surface area contributed by atoms with Gasteiger partial charge in [-0.05, 0) is 43.4 Å². The summed E-state index contributed by atoms with van der Waals surface area (Å²) in [5.41, 5.74) is 5.33. The van der Waals surface area contributed by atoms with E-state index in [1.807, 2.05) is 0 Å². The number of furan rings is 1. The van der Waals surface area contributed by atoms with E-state index in [0.29, 0.717) is 0 Å². The molecule has 3 heterocycles. The van der Waals surface area contributed by atoms with Gasteiger partial charge in [-0.2, -0.15) is 0 Å². The van der Waals surface area contributed by atoms with Crippen molar-refractivity contribution in [1.82, 2.24) is 9.88 Å². The van der Waals surface area contributed by atoms with E-state index in [-0.39, 0.29) is 11.6 Å². The van der Waals surface area contributed by atoms with Crippen LogP contribution >= 0.6 is 0 Å². The van der Waals surface area contributed by atoms with E-state index < -0.39 is 0 Å². The van der Waals surface area contributed by atoms with Crippen molar-refractivity contribution in [1.29, 1.82) is 0 Å². The van der Waals surface area contributed by atoms with Crippen LogP contribution in [-0.2, 0) is 6.42 Å². The van der Waals surface area contributed by atoms with Crippen LogP contribution in [0.1, 0.15) is 45.9 Å². The summed E-state index contributed by atoms with van der Waals surface area (Å²) in [5.74, 6) is 0. The molecule has 2 aromatic heterocycles.